The first-order valence-corrected chi connectivity index (χ1v) is 6.65. The van der Waals surface area contributed by atoms with E-state index in [-0.39, 0.29) is 23.7 Å². The molecule has 3 fully saturated rings. The minimum Gasteiger partial charge on any atom is -0.342 e. The third kappa shape index (κ3) is 1.94. The van der Waals surface area contributed by atoms with Gasteiger partial charge in [0.25, 0.3) is 5.91 Å². The molecule has 2 bridgehead atoms. The topological polar surface area (TPSA) is 46.2 Å². The summed E-state index contributed by atoms with van der Waals surface area (Å²) in [5, 5.41) is 2.93. The van der Waals surface area contributed by atoms with E-state index in [1.54, 1.807) is 12.1 Å². The number of ketones is 1. The zero-order valence-electron chi connectivity index (χ0n) is 10.3. The van der Waals surface area contributed by atoms with E-state index in [0.29, 0.717) is 11.5 Å². The molecule has 3 aliphatic carbocycles. The molecule has 1 aromatic carbocycles. The Morgan fingerprint density at radius 1 is 1.06 bits per heavy atom. The molecule has 0 heterocycles. The number of nitrogens with one attached hydrogen (secondary N) is 1. The third-order valence-corrected chi connectivity index (χ3v) is 4.27. The first-order valence-electron chi connectivity index (χ1n) is 6.65. The van der Waals surface area contributed by atoms with Crippen molar-refractivity contribution in [2.24, 2.45) is 11.8 Å². The van der Waals surface area contributed by atoms with Gasteiger partial charge in [0.2, 0.25) is 0 Å². The zero-order valence-corrected chi connectivity index (χ0v) is 10.3. The second kappa shape index (κ2) is 4.56. The molecule has 0 aliphatic heterocycles. The van der Waals surface area contributed by atoms with Crippen molar-refractivity contribution in [2.45, 2.75) is 31.7 Å². The smallest absolute Gasteiger partial charge is 0.251 e. The quantitative estimate of drug-likeness (QED) is 0.865. The minimum atomic E-state index is -0.245. The summed E-state index contributed by atoms with van der Waals surface area (Å²) in [6.45, 7) is 0. The van der Waals surface area contributed by atoms with E-state index < -0.39 is 0 Å². The Bertz CT molecular complexity index is 461. The largest absolute Gasteiger partial charge is 0.342 e. The van der Waals surface area contributed by atoms with Crippen LogP contribution in [0.25, 0.3) is 0 Å². The molecule has 0 spiro atoms. The van der Waals surface area contributed by atoms with Crippen molar-refractivity contribution in [3.05, 3.63) is 35.9 Å². The SMILES string of the molecule is O=C(NC1C(=O)C2CCC1CC2)c1ccccc1. The van der Waals surface area contributed by atoms with Crippen LogP contribution in [0.1, 0.15) is 36.0 Å². The molecule has 1 atom stereocenters. The molecule has 1 unspecified atom stereocenters. The van der Waals surface area contributed by atoms with Gasteiger partial charge in [0, 0.05) is 11.5 Å². The first-order chi connectivity index (χ1) is 8.75. The summed E-state index contributed by atoms with van der Waals surface area (Å²) in [6.07, 6.45) is 4.19. The number of carbonyl (C=O) groups is 2. The molecule has 4 rings (SSSR count). The van der Waals surface area contributed by atoms with Crippen molar-refractivity contribution < 1.29 is 9.59 Å². The second-order valence-electron chi connectivity index (χ2n) is 5.33. The Morgan fingerprint density at radius 2 is 1.72 bits per heavy atom. The van der Waals surface area contributed by atoms with Crippen LogP contribution in [0.5, 0.6) is 0 Å². The van der Waals surface area contributed by atoms with Gasteiger partial charge in [-0.3, -0.25) is 9.59 Å². The van der Waals surface area contributed by atoms with Crippen molar-refractivity contribution in [1.29, 1.82) is 0 Å². The van der Waals surface area contributed by atoms with Crippen LogP contribution in [0, 0.1) is 11.8 Å². The molecular weight excluding hydrogens is 226 g/mol. The standard InChI is InChI=1S/C15H17NO2/c17-14-11-8-6-10(7-9-11)13(14)16-15(18)12-4-2-1-3-5-12/h1-5,10-11,13H,6-9H2,(H,16,18). The highest BCUT2D eigenvalue weighted by Gasteiger charge is 2.43. The summed E-state index contributed by atoms with van der Waals surface area (Å²) in [5.41, 5.74) is 0.631. The lowest BCUT2D eigenvalue weighted by atomic mass is 9.67. The number of rotatable bonds is 2. The number of benzene rings is 1. The van der Waals surface area contributed by atoms with Gasteiger partial charge in [0.15, 0.2) is 5.78 Å². The lowest BCUT2D eigenvalue weighted by molar-refractivity contribution is -0.132. The Labute approximate surface area is 107 Å². The average molecular weight is 243 g/mol. The van der Waals surface area contributed by atoms with E-state index in [1.807, 2.05) is 18.2 Å². The Kier molecular flexibility index (Phi) is 2.90. The highest BCUT2D eigenvalue weighted by molar-refractivity contribution is 5.99. The molecule has 94 valence electrons. The number of hydrogen-bond donors (Lipinski definition) is 1. The molecule has 1 amide bonds. The normalized spacial score (nSPS) is 30.2. The van der Waals surface area contributed by atoms with Gasteiger partial charge in [-0.2, -0.15) is 0 Å². The maximum Gasteiger partial charge on any atom is 0.251 e. The summed E-state index contributed by atoms with van der Waals surface area (Å²) >= 11 is 0. The van der Waals surface area contributed by atoms with Crippen LogP contribution in [0.2, 0.25) is 0 Å². The van der Waals surface area contributed by atoms with Crippen molar-refractivity contribution >= 4 is 11.7 Å². The molecule has 3 heteroatoms. The predicted molar refractivity (Wildman–Crippen MR) is 68.2 cm³/mol. The maximum atomic E-state index is 12.1. The minimum absolute atomic E-state index is 0.124. The molecule has 0 saturated heterocycles. The van der Waals surface area contributed by atoms with Crippen molar-refractivity contribution in [3.63, 3.8) is 0 Å². The van der Waals surface area contributed by atoms with Gasteiger partial charge in [-0.1, -0.05) is 18.2 Å². The van der Waals surface area contributed by atoms with Gasteiger partial charge in [-0.05, 0) is 43.7 Å². The van der Waals surface area contributed by atoms with Gasteiger partial charge in [0.1, 0.15) is 0 Å². The van der Waals surface area contributed by atoms with Crippen LogP contribution in [-0.4, -0.2) is 17.7 Å². The molecule has 0 aromatic heterocycles. The van der Waals surface area contributed by atoms with E-state index in [9.17, 15) is 9.59 Å². The van der Waals surface area contributed by atoms with Gasteiger partial charge in [-0.25, -0.2) is 0 Å². The fourth-order valence-electron chi connectivity index (χ4n) is 3.23. The number of carbonyl (C=O) groups excluding carboxylic acids is 2. The van der Waals surface area contributed by atoms with Gasteiger partial charge >= 0.3 is 0 Å². The van der Waals surface area contributed by atoms with Gasteiger partial charge in [0.05, 0.1) is 6.04 Å². The van der Waals surface area contributed by atoms with E-state index in [0.717, 1.165) is 25.7 Å². The van der Waals surface area contributed by atoms with Crippen molar-refractivity contribution in [1.82, 2.24) is 5.32 Å². The fourth-order valence-corrected chi connectivity index (χ4v) is 3.23. The summed E-state index contributed by atoms with van der Waals surface area (Å²) in [4.78, 5) is 24.2. The molecular formula is C15H17NO2. The molecule has 1 N–H and O–H groups in total. The number of fused-ring (bicyclic) bond motifs is 3. The second-order valence-corrected chi connectivity index (χ2v) is 5.33. The van der Waals surface area contributed by atoms with Gasteiger partial charge in [-0.15, -0.1) is 0 Å². The number of amides is 1. The third-order valence-electron chi connectivity index (χ3n) is 4.27. The molecule has 18 heavy (non-hydrogen) atoms. The average Bonchev–Trinajstić information content (AvgIpc) is 2.44. The summed E-state index contributed by atoms with van der Waals surface area (Å²) in [5.74, 6) is 0.675. The Hall–Kier alpha value is -1.64. The van der Waals surface area contributed by atoms with Crippen LogP contribution < -0.4 is 5.32 Å². The zero-order chi connectivity index (χ0) is 12.5. The van der Waals surface area contributed by atoms with Crippen LogP contribution >= 0.6 is 0 Å². The molecule has 3 aliphatic rings. The van der Waals surface area contributed by atoms with Crippen molar-refractivity contribution in [3.8, 4) is 0 Å². The molecule has 3 nitrogen and oxygen atoms in total. The molecule has 0 radical (unpaired) electrons. The molecule has 3 saturated carbocycles. The number of hydrogen-bond acceptors (Lipinski definition) is 2. The van der Waals surface area contributed by atoms with Crippen LogP contribution in [0.4, 0.5) is 0 Å². The van der Waals surface area contributed by atoms with Crippen LogP contribution in [-0.2, 0) is 4.79 Å². The summed E-state index contributed by atoms with van der Waals surface area (Å²) in [7, 11) is 0. The summed E-state index contributed by atoms with van der Waals surface area (Å²) in [6, 6.07) is 8.87. The van der Waals surface area contributed by atoms with Crippen LogP contribution in [0.15, 0.2) is 30.3 Å². The highest BCUT2D eigenvalue weighted by Crippen LogP contribution is 2.39. The predicted octanol–water partition coefficient (Wildman–Crippen LogP) is 2.17. The fraction of sp³-hybridized carbons (Fsp3) is 0.467. The highest BCUT2D eigenvalue weighted by atomic mass is 16.2. The maximum absolute atomic E-state index is 12.1. The summed E-state index contributed by atoms with van der Waals surface area (Å²) < 4.78 is 0. The van der Waals surface area contributed by atoms with E-state index in [1.165, 1.54) is 0 Å². The lowest BCUT2D eigenvalue weighted by Crippen LogP contribution is -2.54. The Morgan fingerprint density at radius 3 is 2.33 bits per heavy atom. The van der Waals surface area contributed by atoms with Crippen LogP contribution in [0.3, 0.4) is 0 Å². The van der Waals surface area contributed by atoms with Gasteiger partial charge < -0.3 is 5.32 Å². The molecule has 1 aromatic rings. The lowest BCUT2D eigenvalue weighted by Gasteiger charge is -2.41. The number of Topliss-reactive ketones (excluding diaryl/α,β-unsaturated/α-hetero) is 1. The van der Waals surface area contributed by atoms with E-state index in [2.05, 4.69) is 5.32 Å². The van der Waals surface area contributed by atoms with E-state index in [4.69, 9.17) is 0 Å². The monoisotopic (exact) mass is 243 g/mol. The van der Waals surface area contributed by atoms with E-state index >= 15 is 0 Å². The van der Waals surface area contributed by atoms with Crippen molar-refractivity contribution in [2.75, 3.05) is 0 Å². The Balaban J connectivity index is 1.73. The first kappa shape index (κ1) is 11.5.